The number of aromatic nitrogens is 4. The number of nitrogens with zero attached hydrogens (tertiary/aromatic N) is 2. The molecule has 3 heterocycles. The van der Waals surface area contributed by atoms with Crippen molar-refractivity contribution in [2.75, 3.05) is 32.8 Å². The molecule has 8 nitrogen and oxygen atoms in total. The van der Waals surface area contributed by atoms with Crippen LogP contribution in [0.5, 0.6) is 0 Å². The van der Waals surface area contributed by atoms with Crippen LogP contribution in [-0.4, -0.2) is 47.4 Å². The van der Waals surface area contributed by atoms with Gasteiger partial charge < -0.3 is 24.8 Å². The topological polar surface area (TPSA) is 105 Å². The Kier molecular flexibility index (Phi) is 4.80. The molecule has 3 aromatic heterocycles. The molecule has 0 saturated carbocycles. The van der Waals surface area contributed by atoms with Crippen molar-refractivity contribution >= 4 is 44.1 Å². The SMILES string of the molecule is COCC1(COC)CCc2[nH]c3ncnc(Nc4ccc5[nH]c(=O)sc5c4)c3c2C1. The third-order valence-electron chi connectivity index (χ3n) is 5.82. The Labute approximate surface area is 176 Å². The Balaban J connectivity index is 1.56. The smallest absolute Gasteiger partial charge is 0.305 e. The lowest BCUT2D eigenvalue weighted by Gasteiger charge is -2.36. The Hall–Kier alpha value is -2.75. The van der Waals surface area contributed by atoms with Crippen LogP contribution in [0.3, 0.4) is 0 Å². The summed E-state index contributed by atoms with van der Waals surface area (Å²) < 4.78 is 12.0. The Morgan fingerprint density at radius 2 is 2.03 bits per heavy atom. The van der Waals surface area contributed by atoms with E-state index in [-0.39, 0.29) is 10.3 Å². The fourth-order valence-electron chi connectivity index (χ4n) is 4.55. The fourth-order valence-corrected chi connectivity index (χ4v) is 5.33. The summed E-state index contributed by atoms with van der Waals surface area (Å²) in [5.74, 6) is 0.755. The molecule has 30 heavy (non-hydrogen) atoms. The number of hydrogen-bond acceptors (Lipinski definition) is 7. The van der Waals surface area contributed by atoms with Gasteiger partial charge in [-0.05, 0) is 43.0 Å². The third-order valence-corrected chi connectivity index (χ3v) is 6.67. The number of thiazole rings is 1. The predicted octanol–water partition coefficient (Wildman–Crippen LogP) is 3.37. The first kappa shape index (κ1) is 19.2. The van der Waals surface area contributed by atoms with Gasteiger partial charge in [-0.25, -0.2) is 9.97 Å². The number of H-pyrrole nitrogens is 2. The minimum Gasteiger partial charge on any atom is -0.384 e. The van der Waals surface area contributed by atoms with Crippen LogP contribution in [0.4, 0.5) is 11.5 Å². The van der Waals surface area contributed by atoms with Crippen molar-refractivity contribution < 1.29 is 9.47 Å². The molecule has 0 bridgehead atoms. The quantitative estimate of drug-likeness (QED) is 0.437. The van der Waals surface area contributed by atoms with Crippen molar-refractivity contribution in [3.63, 3.8) is 0 Å². The summed E-state index contributed by atoms with van der Waals surface area (Å²) in [6.45, 7) is 1.29. The first-order valence-electron chi connectivity index (χ1n) is 9.83. The molecule has 0 fully saturated rings. The third kappa shape index (κ3) is 3.28. The number of rotatable bonds is 6. The molecule has 1 aliphatic rings. The van der Waals surface area contributed by atoms with Crippen LogP contribution < -0.4 is 10.2 Å². The molecule has 4 aromatic rings. The van der Waals surface area contributed by atoms with Crippen LogP contribution in [0.1, 0.15) is 17.7 Å². The summed E-state index contributed by atoms with van der Waals surface area (Å²) >= 11 is 1.20. The molecule has 9 heteroatoms. The van der Waals surface area contributed by atoms with E-state index >= 15 is 0 Å². The van der Waals surface area contributed by atoms with Crippen LogP contribution >= 0.6 is 11.3 Å². The molecule has 0 aliphatic heterocycles. The van der Waals surface area contributed by atoms with E-state index in [0.717, 1.165) is 52.0 Å². The molecule has 0 unspecified atom stereocenters. The standard InChI is InChI=1S/C21H23N5O3S/c1-28-9-21(10-29-2)6-5-14-13(8-21)17-18(22-11-23-19(17)25-14)24-12-3-4-15-16(7-12)30-20(27)26-15/h3-4,7,11H,5-6,8-10H2,1-2H3,(H,26,27)(H2,22,23,24,25). The van der Waals surface area contributed by atoms with Crippen molar-refractivity contribution in [1.82, 2.24) is 19.9 Å². The zero-order chi connectivity index (χ0) is 20.7. The van der Waals surface area contributed by atoms with E-state index in [9.17, 15) is 4.79 Å². The number of anilines is 2. The average Bonchev–Trinajstić information content (AvgIpc) is 3.27. The van der Waals surface area contributed by atoms with Crippen molar-refractivity contribution in [1.29, 1.82) is 0 Å². The molecule has 1 aliphatic carbocycles. The summed E-state index contributed by atoms with van der Waals surface area (Å²) in [6, 6.07) is 5.81. The van der Waals surface area contributed by atoms with Gasteiger partial charge in [0.05, 0.1) is 28.8 Å². The van der Waals surface area contributed by atoms with E-state index in [1.165, 1.54) is 22.6 Å². The lowest BCUT2D eigenvalue weighted by Crippen LogP contribution is -2.37. The number of nitrogens with one attached hydrogen (secondary N) is 3. The normalized spacial score (nSPS) is 15.5. The molecular formula is C21H23N5O3S. The number of ether oxygens (including phenoxy) is 2. The lowest BCUT2D eigenvalue weighted by molar-refractivity contribution is 0.00121. The molecule has 0 radical (unpaired) electrons. The van der Waals surface area contributed by atoms with Gasteiger partial charge in [-0.1, -0.05) is 11.3 Å². The minimum absolute atomic E-state index is 0.0566. The van der Waals surface area contributed by atoms with E-state index in [1.54, 1.807) is 20.5 Å². The maximum Gasteiger partial charge on any atom is 0.305 e. The zero-order valence-corrected chi connectivity index (χ0v) is 17.7. The lowest BCUT2D eigenvalue weighted by atomic mass is 9.74. The first-order chi connectivity index (χ1) is 14.6. The fraction of sp³-hybridized carbons (Fsp3) is 0.381. The van der Waals surface area contributed by atoms with E-state index in [4.69, 9.17) is 9.47 Å². The van der Waals surface area contributed by atoms with Crippen molar-refractivity contribution in [2.45, 2.75) is 19.3 Å². The van der Waals surface area contributed by atoms with Gasteiger partial charge in [0.15, 0.2) is 0 Å². The number of methoxy groups -OCH3 is 2. The molecule has 0 spiro atoms. The number of benzene rings is 1. The van der Waals surface area contributed by atoms with Crippen LogP contribution in [0.15, 0.2) is 29.3 Å². The summed E-state index contributed by atoms with van der Waals surface area (Å²) in [4.78, 5) is 26.9. The molecule has 5 rings (SSSR count). The summed E-state index contributed by atoms with van der Waals surface area (Å²) in [6.07, 6.45) is 4.32. The van der Waals surface area contributed by atoms with Gasteiger partial charge in [-0.3, -0.25) is 4.79 Å². The molecule has 0 saturated heterocycles. The van der Waals surface area contributed by atoms with Gasteiger partial charge >= 0.3 is 4.87 Å². The van der Waals surface area contributed by atoms with Gasteiger partial charge in [-0.2, -0.15) is 0 Å². The van der Waals surface area contributed by atoms with E-state index < -0.39 is 0 Å². The molecule has 156 valence electrons. The number of hydrogen-bond donors (Lipinski definition) is 3. The second kappa shape index (κ2) is 7.50. The predicted molar refractivity (Wildman–Crippen MR) is 118 cm³/mol. The van der Waals surface area contributed by atoms with Crippen molar-refractivity contribution in [3.05, 3.63) is 45.5 Å². The van der Waals surface area contributed by atoms with E-state index in [1.807, 2.05) is 18.2 Å². The summed E-state index contributed by atoms with van der Waals surface area (Å²) in [7, 11) is 3.48. The van der Waals surface area contributed by atoms with Crippen LogP contribution in [0.2, 0.25) is 0 Å². The van der Waals surface area contributed by atoms with Gasteiger partial charge in [0.2, 0.25) is 0 Å². The van der Waals surface area contributed by atoms with E-state index in [2.05, 4.69) is 25.3 Å². The molecule has 0 amide bonds. The van der Waals surface area contributed by atoms with Crippen LogP contribution in [-0.2, 0) is 22.3 Å². The zero-order valence-electron chi connectivity index (χ0n) is 16.9. The minimum atomic E-state index is -0.0605. The van der Waals surface area contributed by atoms with Crippen LogP contribution in [0.25, 0.3) is 21.3 Å². The highest BCUT2D eigenvalue weighted by atomic mass is 32.1. The van der Waals surface area contributed by atoms with Crippen molar-refractivity contribution in [2.24, 2.45) is 5.41 Å². The number of aryl methyl sites for hydroxylation is 1. The van der Waals surface area contributed by atoms with Gasteiger partial charge in [0, 0.05) is 31.0 Å². The largest absolute Gasteiger partial charge is 0.384 e. The second-order valence-corrected chi connectivity index (χ2v) is 8.94. The monoisotopic (exact) mass is 425 g/mol. The van der Waals surface area contributed by atoms with Crippen LogP contribution in [0, 0.1) is 5.41 Å². The Bertz CT molecular complexity index is 1270. The summed E-state index contributed by atoms with van der Waals surface area (Å²) in [5.41, 5.74) is 4.91. The molecule has 1 aromatic carbocycles. The second-order valence-electron chi connectivity index (χ2n) is 7.92. The number of fused-ring (bicyclic) bond motifs is 4. The maximum atomic E-state index is 11.6. The average molecular weight is 426 g/mol. The molecule has 0 atom stereocenters. The highest BCUT2D eigenvalue weighted by molar-refractivity contribution is 7.16. The first-order valence-corrected chi connectivity index (χ1v) is 10.6. The Morgan fingerprint density at radius 1 is 1.20 bits per heavy atom. The van der Waals surface area contributed by atoms with E-state index in [0.29, 0.717) is 13.2 Å². The molecule has 3 N–H and O–H groups in total. The van der Waals surface area contributed by atoms with Gasteiger partial charge in [0.1, 0.15) is 17.8 Å². The van der Waals surface area contributed by atoms with Gasteiger partial charge in [0.25, 0.3) is 0 Å². The molecular weight excluding hydrogens is 402 g/mol. The van der Waals surface area contributed by atoms with Gasteiger partial charge in [-0.15, -0.1) is 0 Å². The maximum absolute atomic E-state index is 11.6. The van der Waals surface area contributed by atoms with Crippen molar-refractivity contribution in [3.8, 4) is 0 Å². The highest BCUT2D eigenvalue weighted by Gasteiger charge is 2.37. The summed E-state index contributed by atoms with van der Waals surface area (Å²) in [5, 5.41) is 4.44. The Morgan fingerprint density at radius 3 is 2.83 bits per heavy atom. The number of aromatic amines is 2. The highest BCUT2D eigenvalue weighted by Crippen LogP contribution is 2.41.